The van der Waals surface area contributed by atoms with E-state index in [0.717, 1.165) is 12.0 Å². The summed E-state index contributed by atoms with van der Waals surface area (Å²) in [6.45, 7) is 8.81. The van der Waals surface area contributed by atoms with Gasteiger partial charge in [-0.3, -0.25) is 0 Å². The first-order chi connectivity index (χ1) is 7.82. The number of benzene rings is 1. The highest BCUT2D eigenvalue weighted by Gasteiger charge is 2.19. The number of phenols is 1. The van der Waals surface area contributed by atoms with Crippen molar-refractivity contribution >= 4 is 23.2 Å². The molecule has 0 bridgehead atoms. The molecule has 1 N–H and O–H groups in total. The summed E-state index contributed by atoms with van der Waals surface area (Å²) in [4.78, 5) is 0. The molecule has 1 aromatic carbocycles. The Kier molecular flexibility index (Phi) is 5.15. The summed E-state index contributed by atoms with van der Waals surface area (Å²) in [5.74, 6) is 1.54. The molecule has 1 rings (SSSR count). The number of halogens is 2. The van der Waals surface area contributed by atoms with Crippen LogP contribution in [0, 0.1) is 11.8 Å². The zero-order valence-electron chi connectivity index (χ0n) is 10.8. The van der Waals surface area contributed by atoms with Crippen LogP contribution in [0.15, 0.2) is 12.1 Å². The van der Waals surface area contributed by atoms with Gasteiger partial charge in [0.1, 0.15) is 0 Å². The first kappa shape index (κ1) is 14.7. The summed E-state index contributed by atoms with van der Waals surface area (Å²) in [5, 5.41) is 10.2. The molecule has 3 heteroatoms. The molecular formula is C14H20Cl2O. The summed E-state index contributed by atoms with van der Waals surface area (Å²) in [5.41, 5.74) is 1.11. The molecule has 1 aromatic rings. The van der Waals surface area contributed by atoms with Gasteiger partial charge in [-0.05, 0) is 41.9 Å². The van der Waals surface area contributed by atoms with Crippen molar-refractivity contribution in [2.24, 2.45) is 11.8 Å². The van der Waals surface area contributed by atoms with Gasteiger partial charge < -0.3 is 5.11 Å². The van der Waals surface area contributed by atoms with Gasteiger partial charge in [0.25, 0.3) is 0 Å². The molecule has 0 radical (unpaired) electrons. The van der Waals surface area contributed by atoms with Crippen LogP contribution in [0.1, 0.15) is 45.6 Å². The van der Waals surface area contributed by atoms with E-state index >= 15 is 0 Å². The number of aromatic hydroxyl groups is 1. The van der Waals surface area contributed by atoms with Crippen LogP contribution < -0.4 is 0 Å². The Morgan fingerprint density at radius 3 is 1.88 bits per heavy atom. The van der Waals surface area contributed by atoms with Gasteiger partial charge in [-0.2, -0.15) is 0 Å². The van der Waals surface area contributed by atoms with Gasteiger partial charge in [0.15, 0.2) is 5.75 Å². The predicted octanol–water partition coefficient (Wildman–Crippen LogP) is 5.48. The summed E-state index contributed by atoms with van der Waals surface area (Å²) in [6.07, 6.45) is 1.09. The Balaban J connectivity index is 3.10. The number of rotatable bonds is 4. The van der Waals surface area contributed by atoms with Gasteiger partial charge >= 0.3 is 0 Å². The van der Waals surface area contributed by atoms with E-state index in [4.69, 9.17) is 23.2 Å². The molecule has 0 aliphatic carbocycles. The standard InChI is InChI=1S/C14H20Cl2O/c1-8(2)5-11(9(3)4)10-6-12(15)14(17)13(16)7-10/h6-9,11,17H,5H2,1-4H3. The summed E-state index contributed by atoms with van der Waals surface area (Å²) >= 11 is 11.9. The third-order valence-electron chi connectivity index (χ3n) is 3.00. The minimum Gasteiger partial charge on any atom is -0.505 e. The van der Waals surface area contributed by atoms with Crippen molar-refractivity contribution in [3.63, 3.8) is 0 Å². The highest BCUT2D eigenvalue weighted by atomic mass is 35.5. The van der Waals surface area contributed by atoms with Crippen LogP contribution in [0.5, 0.6) is 5.75 Å². The van der Waals surface area contributed by atoms with Crippen LogP contribution >= 0.6 is 23.2 Å². The minimum absolute atomic E-state index is 0.0239. The Morgan fingerprint density at radius 2 is 1.53 bits per heavy atom. The summed E-state index contributed by atoms with van der Waals surface area (Å²) in [6, 6.07) is 3.66. The van der Waals surface area contributed by atoms with Crippen molar-refractivity contribution in [3.05, 3.63) is 27.7 Å². The normalized spacial score (nSPS) is 13.4. The molecule has 0 spiro atoms. The second kappa shape index (κ2) is 5.97. The van der Waals surface area contributed by atoms with Gasteiger partial charge in [0, 0.05) is 0 Å². The Labute approximate surface area is 114 Å². The van der Waals surface area contributed by atoms with E-state index in [0.29, 0.717) is 27.8 Å². The number of phenolic OH excluding ortho intramolecular Hbond substituents is 1. The molecular weight excluding hydrogens is 255 g/mol. The highest BCUT2D eigenvalue weighted by molar-refractivity contribution is 6.37. The molecule has 0 aliphatic heterocycles. The zero-order chi connectivity index (χ0) is 13.2. The van der Waals surface area contributed by atoms with Gasteiger partial charge in [-0.25, -0.2) is 0 Å². The fourth-order valence-corrected chi connectivity index (χ4v) is 2.60. The maximum absolute atomic E-state index is 9.57. The van der Waals surface area contributed by atoms with Crippen LogP contribution in [0.4, 0.5) is 0 Å². The smallest absolute Gasteiger partial charge is 0.152 e. The van der Waals surface area contributed by atoms with E-state index in [1.807, 2.05) is 12.1 Å². The summed E-state index contributed by atoms with van der Waals surface area (Å²) in [7, 11) is 0. The SMILES string of the molecule is CC(C)CC(c1cc(Cl)c(O)c(Cl)c1)C(C)C. The lowest BCUT2D eigenvalue weighted by Gasteiger charge is -2.24. The van der Waals surface area contributed by atoms with Crippen molar-refractivity contribution in [2.75, 3.05) is 0 Å². The Hall–Kier alpha value is -0.400. The van der Waals surface area contributed by atoms with Crippen molar-refractivity contribution in [1.82, 2.24) is 0 Å². The molecule has 0 aliphatic rings. The Bertz CT molecular complexity index is 363. The van der Waals surface area contributed by atoms with Gasteiger partial charge in [0.05, 0.1) is 10.0 Å². The third kappa shape index (κ3) is 3.79. The molecule has 0 fully saturated rings. The van der Waals surface area contributed by atoms with Gasteiger partial charge in [-0.15, -0.1) is 0 Å². The third-order valence-corrected chi connectivity index (χ3v) is 3.57. The summed E-state index contributed by atoms with van der Waals surface area (Å²) < 4.78 is 0. The first-order valence-electron chi connectivity index (χ1n) is 6.00. The second-order valence-electron chi connectivity index (χ2n) is 5.31. The second-order valence-corrected chi connectivity index (χ2v) is 6.13. The minimum atomic E-state index is -0.0239. The molecule has 0 saturated carbocycles. The average molecular weight is 275 g/mol. The van der Waals surface area contributed by atoms with E-state index in [1.165, 1.54) is 0 Å². The molecule has 1 nitrogen and oxygen atoms in total. The van der Waals surface area contributed by atoms with Crippen LogP contribution in [-0.4, -0.2) is 5.11 Å². The highest BCUT2D eigenvalue weighted by Crippen LogP contribution is 2.39. The van der Waals surface area contributed by atoms with E-state index < -0.39 is 0 Å². The molecule has 0 aromatic heterocycles. The maximum atomic E-state index is 9.57. The fraction of sp³-hybridized carbons (Fsp3) is 0.571. The fourth-order valence-electron chi connectivity index (χ4n) is 2.10. The largest absolute Gasteiger partial charge is 0.505 e. The Morgan fingerprint density at radius 1 is 1.06 bits per heavy atom. The number of hydrogen-bond donors (Lipinski definition) is 1. The van der Waals surface area contributed by atoms with Crippen LogP contribution in [0.25, 0.3) is 0 Å². The zero-order valence-corrected chi connectivity index (χ0v) is 12.3. The monoisotopic (exact) mass is 274 g/mol. The molecule has 17 heavy (non-hydrogen) atoms. The molecule has 0 amide bonds. The van der Waals surface area contributed by atoms with Gasteiger partial charge in [-0.1, -0.05) is 50.9 Å². The van der Waals surface area contributed by atoms with Crippen LogP contribution in [0.3, 0.4) is 0 Å². The van der Waals surface area contributed by atoms with E-state index in [2.05, 4.69) is 27.7 Å². The molecule has 0 saturated heterocycles. The van der Waals surface area contributed by atoms with Crippen molar-refractivity contribution in [2.45, 2.75) is 40.0 Å². The quantitative estimate of drug-likeness (QED) is 0.770. The van der Waals surface area contributed by atoms with E-state index in [9.17, 15) is 5.11 Å². The van der Waals surface area contributed by atoms with Crippen LogP contribution in [-0.2, 0) is 0 Å². The predicted molar refractivity (Wildman–Crippen MR) is 75.2 cm³/mol. The van der Waals surface area contributed by atoms with Crippen LogP contribution in [0.2, 0.25) is 10.0 Å². The lowest BCUT2D eigenvalue weighted by atomic mass is 9.82. The lowest BCUT2D eigenvalue weighted by molar-refractivity contribution is 0.407. The lowest BCUT2D eigenvalue weighted by Crippen LogP contribution is -2.10. The van der Waals surface area contributed by atoms with Crippen molar-refractivity contribution < 1.29 is 5.11 Å². The molecule has 0 heterocycles. The first-order valence-corrected chi connectivity index (χ1v) is 6.76. The van der Waals surface area contributed by atoms with E-state index in [1.54, 1.807) is 0 Å². The average Bonchev–Trinajstić information content (AvgIpc) is 2.21. The molecule has 1 atom stereocenters. The maximum Gasteiger partial charge on any atom is 0.152 e. The van der Waals surface area contributed by atoms with Crippen molar-refractivity contribution in [3.8, 4) is 5.75 Å². The topological polar surface area (TPSA) is 20.2 Å². The van der Waals surface area contributed by atoms with E-state index in [-0.39, 0.29) is 5.75 Å². The molecule has 1 unspecified atom stereocenters. The van der Waals surface area contributed by atoms with Crippen molar-refractivity contribution in [1.29, 1.82) is 0 Å². The van der Waals surface area contributed by atoms with Gasteiger partial charge in [0.2, 0.25) is 0 Å². The molecule has 96 valence electrons. The number of hydrogen-bond acceptors (Lipinski definition) is 1.